The maximum absolute atomic E-state index is 2.52. The molecule has 3 atom stereocenters. The molecule has 2 aliphatic carbocycles. The van der Waals surface area contributed by atoms with Crippen LogP contribution >= 0.6 is 0 Å². The van der Waals surface area contributed by atoms with Gasteiger partial charge in [-0.05, 0) is 42.4 Å². The van der Waals surface area contributed by atoms with Crippen molar-refractivity contribution < 1.29 is 0 Å². The predicted octanol–water partition coefficient (Wildman–Crippen LogP) is 4.49. The summed E-state index contributed by atoms with van der Waals surface area (Å²) in [6.07, 6.45) is 6.14. The molecule has 2 rings (SSSR count). The second-order valence-corrected chi connectivity index (χ2v) is 5.24. The monoisotopic (exact) mass is 182 g/mol. The lowest BCUT2D eigenvalue weighted by Crippen LogP contribution is -2.29. The van der Waals surface area contributed by atoms with Crippen LogP contribution in [0.4, 0.5) is 0 Å². The van der Waals surface area contributed by atoms with E-state index in [9.17, 15) is 0 Å². The number of hydrogen-bond donors (Lipinski definition) is 0. The zero-order valence-electron chi connectivity index (χ0n) is 10.1. The molecule has 13 heavy (non-hydrogen) atoms. The molecule has 0 nitrogen and oxygen atoms in total. The Bertz CT molecular complexity index is 159. The molecule has 2 aliphatic rings. The standard InChI is InChI=1S/C11H20.C2H6/c1-8(2)11(3)7-9-4-5-10(11)6-9;1-2/h8-10H,4-7H2,1-3H3;1-2H3. The van der Waals surface area contributed by atoms with Crippen LogP contribution in [-0.2, 0) is 0 Å². The molecule has 0 saturated heterocycles. The van der Waals surface area contributed by atoms with Crippen molar-refractivity contribution in [3.05, 3.63) is 0 Å². The topological polar surface area (TPSA) is 0 Å². The van der Waals surface area contributed by atoms with Gasteiger partial charge in [0.15, 0.2) is 0 Å². The third kappa shape index (κ3) is 1.78. The molecule has 2 saturated carbocycles. The van der Waals surface area contributed by atoms with Crippen molar-refractivity contribution in [3.8, 4) is 0 Å². The molecule has 3 unspecified atom stereocenters. The Kier molecular flexibility index (Phi) is 3.43. The first-order valence-corrected chi connectivity index (χ1v) is 6.13. The SMILES string of the molecule is CC.CC(C)C1(C)CC2CCC1C2. The van der Waals surface area contributed by atoms with Gasteiger partial charge in [-0.1, -0.05) is 41.0 Å². The molecule has 0 heteroatoms. The molecule has 78 valence electrons. The van der Waals surface area contributed by atoms with Crippen molar-refractivity contribution in [2.24, 2.45) is 23.2 Å². The van der Waals surface area contributed by atoms with E-state index >= 15 is 0 Å². The molecule has 0 N–H and O–H groups in total. The zero-order valence-corrected chi connectivity index (χ0v) is 10.1. The second-order valence-electron chi connectivity index (χ2n) is 5.24. The van der Waals surface area contributed by atoms with E-state index in [1.807, 2.05) is 13.8 Å². The fourth-order valence-electron chi connectivity index (χ4n) is 3.36. The predicted molar refractivity (Wildman–Crippen MR) is 59.7 cm³/mol. The zero-order chi connectivity index (χ0) is 10.1. The quantitative estimate of drug-likeness (QED) is 0.560. The summed E-state index contributed by atoms with van der Waals surface area (Å²) in [5.41, 5.74) is 0.711. The van der Waals surface area contributed by atoms with Crippen LogP contribution in [0.3, 0.4) is 0 Å². The van der Waals surface area contributed by atoms with Crippen molar-refractivity contribution in [2.75, 3.05) is 0 Å². The molecule has 0 aromatic carbocycles. The smallest absolute Gasteiger partial charge is 0.0272 e. The minimum absolute atomic E-state index is 0.711. The first-order valence-electron chi connectivity index (χ1n) is 6.13. The van der Waals surface area contributed by atoms with Crippen LogP contribution in [0.25, 0.3) is 0 Å². The highest BCUT2D eigenvalue weighted by Gasteiger charge is 2.48. The lowest BCUT2D eigenvalue weighted by molar-refractivity contribution is 0.119. The normalized spacial score (nSPS) is 42.0. The molecule has 0 heterocycles. The molecule has 0 aromatic rings. The minimum atomic E-state index is 0.711. The third-order valence-electron chi connectivity index (χ3n) is 4.52. The van der Waals surface area contributed by atoms with E-state index in [1.165, 1.54) is 19.3 Å². The molecule has 2 fully saturated rings. The summed E-state index contributed by atoms with van der Waals surface area (Å²) < 4.78 is 0. The average molecular weight is 182 g/mol. The summed E-state index contributed by atoms with van der Waals surface area (Å²) in [7, 11) is 0. The van der Waals surface area contributed by atoms with E-state index in [4.69, 9.17) is 0 Å². The van der Waals surface area contributed by atoms with Crippen molar-refractivity contribution in [1.29, 1.82) is 0 Å². The number of rotatable bonds is 1. The number of fused-ring (bicyclic) bond motifs is 2. The summed E-state index contributed by atoms with van der Waals surface area (Å²) >= 11 is 0. The van der Waals surface area contributed by atoms with Crippen LogP contribution < -0.4 is 0 Å². The summed E-state index contributed by atoms with van der Waals surface area (Å²) in [6, 6.07) is 0. The van der Waals surface area contributed by atoms with Crippen LogP contribution in [0.15, 0.2) is 0 Å². The van der Waals surface area contributed by atoms with Gasteiger partial charge in [0.2, 0.25) is 0 Å². The van der Waals surface area contributed by atoms with E-state index in [1.54, 1.807) is 6.42 Å². The van der Waals surface area contributed by atoms with Gasteiger partial charge >= 0.3 is 0 Å². The highest BCUT2D eigenvalue weighted by Crippen LogP contribution is 2.58. The van der Waals surface area contributed by atoms with Gasteiger partial charge in [-0.3, -0.25) is 0 Å². The number of hydrogen-bond acceptors (Lipinski definition) is 0. The Labute approximate surface area is 84.1 Å². The average Bonchev–Trinajstić information content (AvgIpc) is 2.67. The molecule has 0 radical (unpaired) electrons. The van der Waals surface area contributed by atoms with Gasteiger partial charge in [-0.2, -0.15) is 0 Å². The summed E-state index contributed by atoms with van der Waals surface area (Å²) in [6.45, 7) is 11.3. The fourth-order valence-corrected chi connectivity index (χ4v) is 3.36. The summed E-state index contributed by atoms with van der Waals surface area (Å²) in [5.74, 6) is 3.08. The van der Waals surface area contributed by atoms with E-state index in [0.717, 1.165) is 17.8 Å². The van der Waals surface area contributed by atoms with Crippen molar-refractivity contribution in [1.82, 2.24) is 0 Å². The molecule has 0 spiro atoms. The lowest BCUT2D eigenvalue weighted by atomic mass is 9.68. The fraction of sp³-hybridized carbons (Fsp3) is 1.00. The largest absolute Gasteiger partial charge is 0.0683 e. The van der Waals surface area contributed by atoms with Crippen LogP contribution in [-0.4, -0.2) is 0 Å². The Morgan fingerprint density at radius 2 is 1.77 bits per heavy atom. The summed E-state index contributed by atoms with van der Waals surface area (Å²) in [5, 5.41) is 0. The van der Waals surface area contributed by atoms with Crippen LogP contribution in [0.2, 0.25) is 0 Å². The Morgan fingerprint density at radius 3 is 2.00 bits per heavy atom. The first kappa shape index (κ1) is 11.1. The van der Waals surface area contributed by atoms with Crippen molar-refractivity contribution in [2.45, 2.75) is 60.3 Å². The minimum Gasteiger partial charge on any atom is -0.0683 e. The van der Waals surface area contributed by atoms with Gasteiger partial charge in [0.05, 0.1) is 0 Å². The van der Waals surface area contributed by atoms with Crippen LogP contribution in [0.1, 0.15) is 60.3 Å². The molecule has 2 bridgehead atoms. The van der Waals surface area contributed by atoms with Gasteiger partial charge in [0.1, 0.15) is 0 Å². The van der Waals surface area contributed by atoms with Crippen molar-refractivity contribution in [3.63, 3.8) is 0 Å². The molecule has 0 aliphatic heterocycles. The van der Waals surface area contributed by atoms with Crippen molar-refractivity contribution >= 4 is 0 Å². The van der Waals surface area contributed by atoms with E-state index < -0.39 is 0 Å². The maximum Gasteiger partial charge on any atom is -0.0272 e. The molecule has 0 amide bonds. The second kappa shape index (κ2) is 4.02. The van der Waals surface area contributed by atoms with E-state index in [0.29, 0.717) is 5.41 Å². The Morgan fingerprint density at radius 1 is 1.15 bits per heavy atom. The van der Waals surface area contributed by atoms with Gasteiger partial charge < -0.3 is 0 Å². The Balaban J connectivity index is 0.000000396. The lowest BCUT2D eigenvalue weighted by Gasteiger charge is -2.38. The van der Waals surface area contributed by atoms with Gasteiger partial charge in [0.25, 0.3) is 0 Å². The first-order chi connectivity index (χ1) is 6.13. The maximum atomic E-state index is 2.52. The molecular weight excluding hydrogens is 156 g/mol. The van der Waals surface area contributed by atoms with Gasteiger partial charge in [-0.15, -0.1) is 0 Å². The highest BCUT2D eigenvalue weighted by molar-refractivity contribution is 4.99. The van der Waals surface area contributed by atoms with E-state index in [-0.39, 0.29) is 0 Å². The van der Waals surface area contributed by atoms with Gasteiger partial charge in [0, 0.05) is 0 Å². The third-order valence-corrected chi connectivity index (χ3v) is 4.52. The summed E-state index contributed by atoms with van der Waals surface area (Å²) in [4.78, 5) is 0. The highest BCUT2D eigenvalue weighted by atomic mass is 14.5. The Hall–Kier alpha value is 0. The van der Waals surface area contributed by atoms with E-state index in [2.05, 4.69) is 20.8 Å². The molecular formula is C13H26. The molecule has 0 aromatic heterocycles. The van der Waals surface area contributed by atoms with Gasteiger partial charge in [-0.25, -0.2) is 0 Å². The van der Waals surface area contributed by atoms with Crippen LogP contribution in [0.5, 0.6) is 0 Å². The van der Waals surface area contributed by atoms with Crippen LogP contribution in [0, 0.1) is 23.2 Å².